The van der Waals surface area contributed by atoms with Gasteiger partial charge in [0.1, 0.15) is 5.54 Å². The lowest BCUT2D eigenvalue weighted by atomic mass is 9.74. The molecule has 5 nitrogen and oxygen atoms in total. The van der Waals surface area contributed by atoms with Crippen LogP contribution in [-0.4, -0.2) is 36.7 Å². The highest BCUT2D eigenvalue weighted by molar-refractivity contribution is 6.09. The van der Waals surface area contributed by atoms with Crippen LogP contribution in [0.15, 0.2) is 4.99 Å². The number of carbonyl (C=O) groups excluding carboxylic acids is 1. The molecular formula is C10H17N3O2. The van der Waals surface area contributed by atoms with E-state index in [1.165, 1.54) is 0 Å². The van der Waals surface area contributed by atoms with Crippen LogP contribution in [0.4, 0.5) is 0 Å². The van der Waals surface area contributed by atoms with E-state index in [1.54, 1.807) is 0 Å². The fourth-order valence-corrected chi connectivity index (χ4v) is 2.14. The van der Waals surface area contributed by atoms with E-state index in [9.17, 15) is 4.79 Å². The van der Waals surface area contributed by atoms with Crippen LogP contribution in [0.1, 0.15) is 26.7 Å². The largest absolute Gasteiger partial charge is 0.378 e. The maximum Gasteiger partial charge on any atom is 0.252 e. The van der Waals surface area contributed by atoms with Gasteiger partial charge in [-0.15, -0.1) is 0 Å². The fraction of sp³-hybridized carbons (Fsp3) is 0.800. The van der Waals surface area contributed by atoms with Crippen LogP contribution in [-0.2, 0) is 9.53 Å². The molecule has 5 heteroatoms. The first-order valence-corrected chi connectivity index (χ1v) is 5.46. The number of carbonyl (C=O) groups is 1. The number of rotatable bonds is 3. The Bertz CT molecular complexity index is 295. The van der Waals surface area contributed by atoms with Crippen molar-refractivity contribution in [3.8, 4) is 0 Å². The SMILES string of the molecule is CCN=C1NC(=O)C2(CC(OCC)C2)N1. The molecule has 1 heterocycles. The zero-order chi connectivity index (χ0) is 10.9. The number of aliphatic imine (C=N–C) groups is 1. The van der Waals surface area contributed by atoms with Crippen LogP contribution < -0.4 is 10.6 Å². The molecule has 2 N–H and O–H groups in total. The third-order valence-corrected chi connectivity index (χ3v) is 2.90. The fourth-order valence-electron chi connectivity index (χ4n) is 2.14. The van der Waals surface area contributed by atoms with Gasteiger partial charge >= 0.3 is 0 Å². The van der Waals surface area contributed by atoms with Crippen LogP contribution in [0.5, 0.6) is 0 Å². The van der Waals surface area contributed by atoms with Crippen LogP contribution in [0, 0.1) is 0 Å². The van der Waals surface area contributed by atoms with E-state index in [0.29, 0.717) is 19.1 Å². The molecule has 0 aromatic rings. The molecule has 2 rings (SSSR count). The van der Waals surface area contributed by atoms with Gasteiger partial charge in [0.15, 0.2) is 5.96 Å². The van der Waals surface area contributed by atoms with Crippen molar-refractivity contribution in [2.75, 3.05) is 13.2 Å². The highest BCUT2D eigenvalue weighted by Gasteiger charge is 2.55. The molecule has 0 radical (unpaired) electrons. The monoisotopic (exact) mass is 211 g/mol. The van der Waals surface area contributed by atoms with Crippen molar-refractivity contribution in [2.45, 2.75) is 38.3 Å². The minimum absolute atomic E-state index is 0.0330. The smallest absolute Gasteiger partial charge is 0.252 e. The Kier molecular flexibility index (Phi) is 2.65. The van der Waals surface area contributed by atoms with Gasteiger partial charge in [0, 0.05) is 26.0 Å². The quantitative estimate of drug-likeness (QED) is 0.691. The average molecular weight is 211 g/mol. The molecule has 1 aliphatic heterocycles. The standard InChI is InChI=1S/C10H17N3O2/c1-3-11-9-12-8(14)10(13-9)5-7(6-10)15-4-2/h7H,3-6H2,1-2H3,(H2,11,12,13,14). The number of hydrogen-bond acceptors (Lipinski definition) is 3. The number of nitrogens with zero attached hydrogens (tertiary/aromatic N) is 1. The van der Waals surface area contributed by atoms with E-state index >= 15 is 0 Å². The average Bonchev–Trinajstić information content (AvgIpc) is 2.44. The maximum atomic E-state index is 11.7. The van der Waals surface area contributed by atoms with Gasteiger partial charge in [0.25, 0.3) is 5.91 Å². The van der Waals surface area contributed by atoms with E-state index in [2.05, 4.69) is 15.6 Å². The predicted octanol–water partition coefficient (Wildman–Crippen LogP) is 0.0194. The number of hydrogen-bond donors (Lipinski definition) is 2. The van der Waals surface area contributed by atoms with Gasteiger partial charge in [-0.2, -0.15) is 0 Å². The van der Waals surface area contributed by atoms with Gasteiger partial charge in [-0.05, 0) is 13.8 Å². The molecule has 2 fully saturated rings. The summed E-state index contributed by atoms with van der Waals surface area (Å²) in [6.45, 7) is 5.29. The van der Waals surface area contributed by atoms with E-state index in [-0.39, 0.29) is 12.0 Å². The van der Waals surface area contributed by atoms with Crippen LogP contribution >= 0.6 is 0 Å². The second-order valence-electron chi connectivity index (χ2n) is 3.97. The normalized spacial score (nSPS) is 36.5. The first-order valence-electron chi connectivity index (χ1n) is 5.46. The molecule has 0 unspecified atom stereocenters. The van der Waals surface area contributed by atoms with Crippen molar-refractivity contribution in [1.82, 2.24) is 10.6 Å². The summed E-state index contributed by atoms with van der Waals surface area (Å²) >= 11 is 0. The molecule has 0 atom stereocenters. The van der Waals surface area contributed by atoms with Gasteiger partial charge in [-0.3, -0.25) is 15.1 Å². The van der Waals surface area contributed by atoms with E-state index < -0.39 is 5.54 Å². The summed E-state index contributed by atoms with van der Waals surface area (Å²) < 4.78 is 5.45. The molecule has 1 saturated heterocycles. The van der Waals surface area contributed by atoms with Crippen molar-refractivity contribution in [2.24, 2.45) is 4.99 Å². The number of guanidine groups is 1. The second-order valence-corrected chi connectivity index (χ2v) is 3.97. The number of ether oxygens (including phenoxy) is 1. The molecule has 84 valence electrons. The van der Waals surface area contributed by atoms with Crippen molar-refractivity contribution >= 4 is 11.9 Å². The summed E-state index contributed by atoms with van der Waals surface area (Å²) in [6.07, 6.45) is 1.71. The molecule has 2 aliphatic rings. The van der Waals surface area contributed by atoms with Gasteiger partial charge in [-0.25, -0.2) is 0 Å². The minimum atomic E-state index is -0.437. The summed E-state index contributed by atoms with van der Waals surface area (Å²) in [7, 11) is 0. The maximum absolute atomic E-state index is 11.7. The van der Waals surface area contributed by atoms with Crippen molar-refractivity contribution in [3.63, 3.8) is 0 Å². The van der Waals surface area contributed by atoms with Crippen LogP contribution in [0.2, 0.25) is 0 Å². The first-order chi connectivity index (χ1) is 7.20. The zero-order valence-electron chi connectivity index (χ0n) is 9.17. The summed E-state index contributed by atoms with van der Waals surface area (Å²) in [4.78, 5) is 15.9. The Morgan fingerprint density at radius 3 is 2.87 bits per heavy atom. The molecule has 1 spiro atoms. The molecular weight excluding hydrogens is 194 g/mol. The van der Waals surface area contributed by atoms with Crippen LogP contribution in [0.3, 0.4) is 0 Å². The highest BCUT2D eigenvalue weighted by Crippen LogP contribution is 2.36. The molecule has 1 saturated carbocycles. The van der Waals surface area contributed by atoms with Crippen LogP contribution in [0.25, 0.3) is 0 Å². The number of amides is 1. The summed E-state index contributed by atoms with van der Waals surface area (Å²) in [5.74, 6) is 0.642. The van der Waals surface area contributed by atoms with E-state index in [0.717, 1.165) is 12.8 Å². The molecule has 15 heavy (non-hydrogen) atoms. The van der Waals surface area contributed by atoms with E-state index in [4.69, 9.17) is 4.74 Å². The molecule has 1 amide bonds. The first kappa shape index (κ1) is 10.4. The minimum Gasteiger partial charge on any atom is -0.378 e. The lowest BCUT2D eigenvalue weighted by Crippen LogP contribution is -2.59. The predicted molar refractivity (Wildman–Crippen MR) is 56.6 cm³/mol. The van der Waals surface area contributed by atoms with Crippen molar-refractivity contribution < 1.29 is 9.53 Å². The Labute approximate surface area is 89.3 Å². The zero-order valence-corrected chi connectivity index (χ0v) is 9.17. The topological polar surface area (TPSA) is 62.7 Å². The van der Waals surface area contributed by atoms with Gasteiger partial charge in [-0.1, -0.05) is 0 Å². The highest BCUT2D eigenvalue weighted by atomic mass is 16.5. The lowest BCUT2D eigenvalue weighted by Gasteiger charge is -2.41. The van der Waals surface area contributed by atoms with Gasteiger partial charge < -0.3 is 10.1 Å². The summed E-state index contributed by atoms with van der Waals surface area (Å²) in [5.41, 5.74) is -0.437. The summed E-state index contributed by atoms with van der Waals surface area (Å²) in [6, 6.07) is 0. The van der Waals surface area contributed by atoms with Crippen molar-refractivity contribution in [3.05, 3.63) is 0 Å². The molecule has 0 bridgehead atoms. The number of nitrogens with one attached hydrogen (secondary N) is 2. The second kappa shape index (κ2) is 3.81. The molecule has 0 aromatic carbocycles. The Morgan fingerprint density at radius 2 is 2.27 bits per heavy atom. The Morgan fingerprint density at radius 1 is 1.53 bits per heavy atom. The van der Waals surface area contributed by atoms with Gasteiger partial charge in [0.05, 0.1) is 6.10 Å². The third kappa shape index (κ3) is 1.71. The Hall–Kier alpha value is -1.10. The molecule has 1 aliphatic carbocycles. The van der Waals surface area contributed by atoms with Gasteiger partial charge in [0.2, 0.25) is 0 Å². The van der Waals surface area contributed by atoms with E-state index in [1.807, 2.05) is 13.8 Å². The van der Waals surface area contributed by atoms with Crippen molar-refractivity contribution in [1.29, 1.82) is 0 Å². The summed E-state index contributed by atoms with van der Waals surface area (Å²) in [5, 5.41) is 5.91. The lowest BCUT2D eigenvalue weighted by molar-refractivity contribution is -0.134. The molecule has 0 aromatic heterocycles. The third-order valence-electron chi connectivity index (χ3n) is 2.90. The Balaban J connectivity index is 1.96.